The van der Waals surface area contributed by atoms with Crippen LogP contribution >= 0.6 is 0 Å². The SMILES string of the molecule is CCNC(=O)[C@H]1OC(OC)[C@H](c2ccccc2C(=O)O)[C@H]1OC(=O)c1ccccc1. The van der Waals surface area contributed by atoms with Crippen LogP contribution in [0.15, 0.2) is 54.6 Å². The lowest BCUT2D eigenvalue weighted by molar-refractivity contribution is -0.152. The lowest BCUT2D eigenvalue weighted by Crippen LogP contribution is -2.43. The molecule has 2 N–H and O–H groups in total. The van der Waals surface area contributed by atoms with Gasteiger partial charge in [0.05, 0.1) is 17.0 Å². The van der Waals surface area contributed by atoms with Crippen molar-refractivity contribution in [3.05, 3.63) is 71.3 Å². The van der Waals surface area contributed by atoms with E-state index in [1.807, 2.05) is 0 Å². The van der Waals surface area contributed by atoms with Gasteiger partial charge in [0.25, 0.3) is 5.91 Å². The van der Waals surface area contributed by atoms with Crippen LogP contribution in [0.3, 0.4) is 0 Å². The van der Waals surface area contributed by atoms with Crippen LogP contribution in [0.25, 0.3) is 0 Å². The Morgan fingerprint density at radius 3 is 2.37 bits per heavy atom. The molecule has 1 heterocycles. The van der Waals surface area contributed by atoms with Crippen molar-refractivity contribution in [3.63, 3.8) is 0 Å². The normalized spacial score (nSPS) is 23.0. The first-order chi connectivity index (χ1) is 14.5. The van der Waals surface area contributed by atoms with E-state index >= 15 is 0 Å². The maximum absolute atomic E-state index is 12.8. The Morgan fingerprint density at radius 1 is 1.07 bits per heavy atom. The molecule has 0 saturated carbocycles. The Morgan fingerprint density at radius 2 is 1.73 bits per heavy atom. The number of hydrogen-bond donors (Lipinski definition) is 2. The summed E-state index contributed by atoms with van der Waals surface area (Å²) in [5.41, 5.74) is 0.679. The summed E-state index contributed by atoms with van der Waals surface area (Å²) in [7, 11) is 1.39. The third-order valence-corrected chi connectivity index (χ3v) is 4.87. The van der Waals surface area contributed by atoms with E-state index in [1.54, 1.807) is 55.5 Å². The molecule has 0 aliphatic carbocycles. The number of esters is 1. The average molecular weight is 413 g/mol. The molecule has 8 heteroatoms. The minimum Gasteiger partial charge on any atom is -0.478 e. The van der Waals surface area contributed by atoms with Gasteiger partial charge in [0.15, 0.2) is 12.4 Å². The Hall–Kier alpha value is -3.23. The van der Waals surface area contributed by atoms with Crippen molar-refractivity contribution in [2.75, 3.05) is 13.7 Å². The van der Waals surface area contributed by atoms with Crippen molar-refractivity contribution in [1.29, 1.82) is 0 Å². The quantitative estimate of drug-likeness (QED) is 0.670. The molecule has 30 heavy (non-hydrogen) atoms. The number of amides is 1. The standard InChI is InChI=1S/C22H23NO7/c1-3-23-19(24)18-17(29-21(27)13-9-5-4-6-10-13)16(22(28-2)30-18)14-11-7-8-12-15(14)20(25)26/h4-12,16-18,22H,3H2,1-2H3,(H,23,24)(H,25,26)/t16-,17-,18+,22?/m1/s1. The highest BCUT2D eigenvalue weighted by molar-refractivity contribution is 5.91. The van der Waals surface area contributed by atoms with Crippen LogP contribution < -0.4 is 5.32 Å². The number of aromatic carboxylic acids is 1. The molecule has 1 saturated heterocycles. The molecule has 1 aliphatic rings. The zero-order chi connectivity index (χ0) is 21.7. The number of carboxylic acid groups (broad SMARTS) is 1. The van der Waals surface area contributed by atoms with Gasteiger partial charge >= 0.3 is 11.9 Å². The number of likely N-dealkylation sites (N-methyl/N-ethyl adjacent to an activating group) is 1. The number of carbonyl (C=O) groups is 3. The van der Waals surface area contributed by atoms with Crippen molar-refractivity contribution in [2.45, 2.75) is 31.3 Å². The smallest absolute Gasteiger partial charge is 0.338 e. The van der Waals surface area contributed by atoms with Crippen molar-refractivity contribution in [1.82, 2.24) is 5.32 Å². The summed E-state index contributed by atoms with van der Waals surface area (Å²) >= 11 is 0. The van der Waals surface area contributed by atoms with Crippen molar-refractivity contribution >= 4 is 17.8 Å². The third-order valence-electron chi connectivity index (χ3n) is 4.87. The van der Waals surface area contributed by atoms with Crippen LogP contribution in [0.4, 0.5) is 0 Å². The first-order valence-electron chi connectivity index (χ1n) is 9.52. The zero-order valence-corrected chi connectivity index (χ0v) is 16.6. The van der Waals surface area contributed by atoms with Gasteiger partial charge in [-0.25, -0.2) is 9.59 Å². The molecule has 0 aromatic heterocycles. The molecule has 0 bridgehead atoms. The second kappa shape index (κ2) is 9.51. The molecular formula is C22H23NO7. The van der Waals surface area contributed by atoms with Gasteiger partial charge in [0.1, 0.15) is 6.10 Å². The largest absolute Gasteiger partial charge is 0.478 e. The third kappa shape index (κ3) is 4.34. The topological polar surface area (TPSA) is 111 Å². The van der Waals surface area contributed by atoms with E-state index in [9.17, 15) is 19.5 Å². The molecular weight excluding hydrogens is 390 g/mol. The fourth-order valence-corrected chi connectivity index (χ4v) is 3.54. The summed E-state index contributed by atoms with van der Waals surface area (Å²) < 4.78 is 16.9. The van der Waals surface area contributed by atoms with Gasteiger partial charge < -0.3 is 24.6 Å². The van der Waals surface area contributed by atoms with Crippen LogP contribution in [0.2, 0.25) is 0 Å². The van der Waals surface area contributed by atoms with Gasteiger partial charge in [-0.05, 0) is 30.7 Å². The molecule has 2 aromatic carbocycles. The molecule has 1 amide bonds. The maximum Gasteiger partial charge on any atom is 0.338 e. The first kappa shape index (κ1) is 21.5. The lowest BCUT2D eigenvalue weighted by atomic mass is 9.88. The molecule has 1 fully saturated rings. The minimum absolute atomic E-state index is 0.0189. The van der Waals surface area contributed by atoms with Crippen LogP contribution in [0, 0.1) is 0 Å². The number of ether oxygens (including phenoxy) is 3. The summed E-state index contributed by atoms with van der Waals surface area (Å²) in [6.45, 7) is 2.11. The Kier molecular flexibility index (Phi) is 6.81. The molecule has 8 nitrogen and oxygen atoms in total. The van der Waals surface area contributed by atoms with E-state index in [-0.39, 0.29) is 5.56 Å². The number of carbonyl (C=O) groups excluding carboxylic acids is 2. The number of hydrogen-bond acceptors (Lipinski definition) is 6. The Balaban J connectivity index is 2.03. The Labute approximate surface area is 173 Å². The molecule has 1 aliphatic heterocycles. The molecule has 4 atom stereocenters. The molecule has 1 unspecified atom stereocenters. The molecule has 158 valence electrons. The monoisotopic (exact) mass is 413 g/mol. The summed E-state index contributed by atoms with van der Waals surface area (Å²) in [5.74, 6) is -3.08. The second-order valence-electron chi connectivity index (χ2n) is 6.71. The number of carboxylic acids is 1. The highest BCUT2D eigenvalue weighted by Gasteiger charge is 2.52. The highest BCUT2D eigenvalue weighted by Crippen LogP contribution is 2.40. The molecule has 3 rings (SSSR count). The van der Waals surface area contributed by atoms with Gasteiger partial charge in [0, 0.05) is 13.7 Å². The van der Waals surface area contributed by atoms with E-state index in [2.05, 4.69) is 5.32 Å². The van der Waals surface area contributed by atoms with Crippen LogP contribution in [-0.2, 0) is 19.0 Å². The lowest BCUT2D eigenvalue weighted by Gasteiger charge is -2.25. The first-order valence-corrected chi connectivity index (χ1v) is 9.52. The van der Waals surface area contributed by atoms with Gasteiger partial charge in [0.2, 0.25) is 0 Å². The van der Waals surface area contributed by atoms with E-state index < -0.39 is 42.3 Å². The Bertz CT molecular complexity index is 915. The van der Waals surface area contributed by atoms with Gasteiger partial charge in [-0.15, -0.1) is 0 Å². The van der Waals surface area contributed by atoms with E-state index in [1.165, 1.54) is 13.2 Å². The predicted octanol–water partition coefficient (Wildman–Crippen LogP) is 2.20. The van der Waals surface area contributed by atoms with E-state index in [0.29, 0.717) is 17.7 Å². The summed E-state index contributed by atoms with van der Waals surface area (Å²) in [4.78, 5) is 37.2. The van der Waals surface area contributed by atoms with Gasteiger partial charge in [-0.2, -0.15) is 0 Å². The highest BCUT2D eigenvalue weighted by atomic mass is 16.7. The average Bonchev–Trinajstić information content (AvgIpc) is 3.12. The zero-order valence-electron chi connectivity index (χ0n) is 16.6. The number of methoxy groups -OCH3 is 1. The number of nitrogens with one attached hydrogen (secondary N) is 1. The summed E-state index contributed by atoms with van der Waals surface area (Å²) in [6.07, 6.45) is -3.23. The van der Waals surface area contributed by atoms with Crippen molar-refractivity contribution < 1.29 is 33.7 Å². The van der Waals surface area contributed by atoms with E-state index in [4.69, 9.17) is 14.2 Å². The van der Waals surface area contributed by atoms with Crippen molar-refractivity contribution in [2.24, 2.45) is 0 Å². The number of benzene rings is 2. The molecule has 2 aromatic rings. The predicted molar refractivity (Wildman–Crippen MR) is 106 cm³/mol. The molecule has 0 spiro atoms. The molecule has 0 radical (unpaired) electrons. The van der Waals surface area contributed by atoms with Gasteiger partial charge in [-0.1, -0.05) is 36.4 Å². The van der Waals surface area contributed by atoms with Crippen LogP contribution in [0.5, 0.6) is 0 Å². The second-order valence-corrected chi connectivity index (χ2v) is 6.71. The fourth-order valence-electron chi connectivity index (χ4n) is 3.54. The maximum atomic E-state index is 12.8. The van der Waals surface area contributed by atoms with E-state index in [0.717, 1.165) is 0 Å². The van der Waals surface area contributed by atoms with Crippen LogP contribution in [0.1, 0.15) is 39.1 Å². The van der Waals surface area contributed by atoms with Crippen LogP contribution in [-0.4, -0.2) is 55.1 Å². The number of rotatable bonds is 7. The van der Waals surface area contributed by atoms with Crippen molar-refractivity contribution in [3.8, 4) is 0 Å². The summed E-state index contributed by atoms with van der Waals surface area (Å²) in [6, 6.07) is 14.6. The summed E-state index contributed by atoms with van der Waals surface area (Å²) in [5, 5.41) is 12.3. The van der Waals surface area contributed by atoms with Gasteiger partial charge in [-0.3, -0.25) is 4.79 Å². The minimum atomic E-state index is -1.16. The fraction of sp³-hybridized carbons (Fsp3) is 0.318.